The van der Waals surface area contributed by atoms with Crippen LogP contribution in [0.2, 0.25) is 0 Å². The van der Waals surface area contributed by atoms with Gasteiger partial charge < -0.3 is 144 Å². The van der Waals surface area contributed by atoms with Gasteiger partial charge in [0.15, 0.2) is 18.9 Å². The Hall–Kier alpha value is -4.47. The summed E-state index contributed by atoms with van der Waals surface area (Å²) in [5.41, 5.74) is -0.803. The van der Waals surface area contributed by atoms with Crippen LogP contribution in [0, 0.1) is 0 Å². The number of aliphatic hydroxyl groups excluding tert-OH is 9. The largest absolute Gasteiger partial charge is 0.780 e. The molecule has 4 heterocycles. The van der Waals surface area contributed by atoms with Crippen molar-refractivity contribution in [1.82, 2.24) is 46.6 Å². The Morgan fingerprint density at radius 3 is 1.26 bits per heavy atom. The van der Waals surface area contributed by atoms with Gasteiger partial charge in [-0.25, -0.2) is 0 Å². The lowest BCUT2D eigenvalue weighted by Gasteiger charge is -2.42. The Morgan fingerprint density at radius 1 is 0.535 bits per heavy atom. The second-order valence-electron chi connectivity index (χ2n) is 24.9. The monoisotopic (exact) mass is 1470 g/mol. The zero-order valence-corrected chi connectivity index (χ0v) is 58.6. The number of hydrogen-bond donors (Lipinski definition) is 15. The maximum absolute atomic E-state index is 14.0. The molecule has 38 nitrogen and oxygen atoms in total. The first kappa shape index (κ1) is 86.9. The molecule has 40 heteroatoms. The minimum absolute atomic E-state index is 0.0139. The molecule has 4 aliphatic heterocycles. The first-order chi connectivity index (χ1) is 46.9. The van der Waals surface area contributed by atoms with Gasteiger partial charge in [-0.3, -0.25) is 43.3 Å². The highest BCUT2D eigenvalue weighted by Gasteiger charge is 2.48. The van der Waals surface area contributed by atoms with E-state index in [2.05, 4.69) is 31.9 Å². The average Bonchev–Trinajstić information content (AvgIpc) is 0.830. The molecule has 4 rings (SSSR count). The van der Waals surface area contributed by atoms with Crippen molar-refractivity contribution in [2.45, 2.75) is 184 Å². The molecule has 16 unspecified atom stereocenters. The van der Waals surface area contributed by atoms with Gasteiger partial charge in [0.25, 0.3) is 0 Å². The number of carbonyl (C=O) groups is 8. The summed E-state index contributed by atoms with van der Waals surface area (Å²) >= 11 is 5.09. The van der Waals surface area contributed by atoms with Gasteiger partial charge in [0.05, 0.1) is 111 Å². The number of piperidine rings is 1. The highest BCUT2D eigenvalue weighted by atomic mass is 32.5. The van der Waals surface area contributed by atoms with Gasteiger partial charge >= 0.3 is 0 Å². The molecule has 572 valence electrons. The van der Waals surface area contributed by atoms with E-state index in [1.807, 2.05) is 0 Å². The fourth-order valence-corrected chi connectivity index (χ4v) is 13.1. The Kier molecular flexibility index (Phi) is 39.4. The number of nitrogens with zero attached hydrogens (tertiary/aromatic N) is 3. The zero-order valence-electron chi connectivity index (χ0n) is 56.9. The molecule has 4 aliphatic rings. The van der Waals surface area contributed by atoms with Gasteiger partial charge in [-0.1, -0.05) is 11.8 Å². The van der Waals surface area contributed by atoms with Crippen LogP contribution in [0.3, 0.4) is 0 Å². The smallest absolute Gasteiger partial charge is 0.239 e. The van der Waals surface area contributed by atoms with Crippen molar-refractivity contribution in [2.75, 3.05) is 145 Å². The van der Waals surface area contributed by atoms with E-state index in [9.17, 15) is 89.2 Å². The number of rotatable bonds is 44. The minimum atomic E-state index is -3.80. The van der Waals surface area contributed by atoms with Crippen LogP contribution in [-0.2, 0) is 102 Å². The quantitative estimate of drug-likeness (QED) is 0.0199. The lowest BCUT2D eigenvalue weighted by Crippen LogP contribution is -2.64. The molecule has 4 fully saturated rings. The molecule has 99 heavy (non-hydrogen) atoms. The normalized spacial score (nSPS) is 27.4. The Morgan fingerprint density at radius 2 is 0.909 bits per heavy atom. The number of ether oxygens (including phenoxy) is 9. The molecule has 0 bridgehead atoms. The fraction of sp³-hybridized carbons (Fsp3) is 0.864. The van der Waals surface area contributed by atoms with E-state index in [1.54, 1.807) is 25.7 Å². The standard InChI is InChI=1S/C59H106N9O29PS/c1-35(72)63-47-53(83)50(80)39(32-69)93-56(47)90-26-23-87-20-13-60-42(75)29-66(30-43(76)61-14-21-88-24-27-91-57-48(64-36(2)73)54(84)51(81)40(33-70)94-57)16-8-17-68(46(79)10-7-9-45(78)67-18-11-38(12-19-67)96-98(86,99)97-59(4,5)6)31-44(77)62-15-22-89-25-28-92-58-49(65-37(3)74)55(85)52(82)41(34-71)95-58/h38-41,47-58,69-71,80-85H,7-34H2,1-6H3,(H,60,75)(H,61,76)(H,62,77)(H,63,72)(H,64,73)(H,65,74)(H,86,99)/p-1. The first-order valence-electron chi connectivity index (χ1n) is 32.9. The van der Waals surface area contributed by atoms with Crippen LogP contribution < -0.4 is 36.8 Å². The summed E-state index contributed by atoms with van der Waals surface area (Å²) < 4.78 is 61.5. The lowest BCUT2D eigenvalue weighted by atomic mass is 9.97. The van der Waals surface area contributed by atoms with Gasteiger partial charge in [-0.15, -0.1) is 0 Å². The van der Waals surface area contributed by atoms with Crippen LogP contribution >= 0.6 is 6.72 Å². The summed E-state index contributed by atoms with van der Waals surface area (Å²) in [4.78, 5) is 121. The molecule has 16 atom stereocenters. The molecular weight excluding hydrogens is 1360 g/mol. The highest BCUT2D eigenvalue weighted by molar-refractivity contribution is 8.06. The van der Waals surface area contributed by atoms with E-state index >= 15 is 0 Å². The van der Waals surface area contributed by atoms with Crippen molar-refractivity contribution < 1.29 is 141 Å². The SMILES string of the molecule is CC(=O)NC1C(OCCOCCNC(=O)CN(CCCN(CC(=O)NCCOCCOC2OC(CO)C(O)C(O)C2NC(C)=O)C(=O)CCCC(=O)N2CCC(OP([O-])(=S)OC(C)(C)C)CC2)CC(=O)NCCOCCOC2OC(CO)C(O)C(O)C2NC(C)=O)OC(CO)C(O)C1O. The number of likely N-dealkylation sites (tertiary alicyclic amines) is 1. The van der Waals surface area contributed by atoms with E-state index in [-0.39, 0.29) is 150 Å². The zero-order chi connectivity index (χ0) is 73.4. The second-order valence-corrected chi connectivity index (χ2v) is 27.5. The number of hydrogen-bond acceptors (Lipinski definition) is 31. The molecule has 0 aromatic carbocycles. The van der Waals surface area contributed by atoms with Crippen molar-refractivity contribution in [3.05, 3.63) is 0 Å². The van der Waals surface area contributed by atoms with Crippen molar-refractivity contribution in [3.8, 4) is 0 Å². The fourth-order valence-electron chi connectivity index (χ4n) is 10.8. The van der Waals surface area contributed by atoms with Gasteiger partial charge in [-0.2, -0.15) is 0 Å². The minimum Gasteiger partial charge on any atom is -0.780 e. The Labute approximate surface area is 579 Å². The maximum atomic E-state index is 14.0. The highest BCUT2D eigenvalue weighted by Crippen LogP contribution is 2.46. The molecule has 15 N–H and O–H groups in total. The van der Waals surface area contributed by atoms with E-state index < -0.39 is 178 Å². The summed E-state index contributed by atoms with van der Waals surface area (Å²) in [7, 11) is 0. The summed E-state index contributed by atoms with van der Waals surface area (Å²) in [6.07, 6.45) is -16.3. The summed E-state index contributed by atoms with van der Waals surface area (Å²) in [5, 5.41) is 107. The van der Waals surface area contributed by atoms with Crippen molar-refractivity contribution in [1.29, 1.82) is 0 Å². The second kappa shape index (κ2) is 44.9. The van der Waals surface area contributed by atoms with Crippen LogP contribution in [0.4, 0.5) is 0 Å². The van der Waals surface area contributed by atoms with Gasteiger partial charge in [0, 0.05) is 79.4 Å². The van der Waals surface area contributed by atoms with Crippen molar-refractivity contribution >= 4 is 65.8 Å². The van der Waals surface area contributed by atoms with Gasteiger partial charge in [0.2, 0.25) is 47.3 Å². The lowest BCUT2D eigenvalue weighted by molar-refractivity contribution is -0.272. The summed E-state index contributed by atoms with van der Waals surface area (Å²) in [5.74, 6) is -4.03. The van der Waals surface area contributed by atoms with E-state index in [0.717, 1.165) is 0 Å². The molecule has 0 aromatic heterocycles. The Balaban J connectivity index is 1.37. The molecule has 0 radical (unpaired) electrons. The van der Waals surface area contributed by atoms with Crippen molar-refractivity contribution in [2.24, 2.45) is 0 Å². The van der Waals surface area contributed by atoms with Crippen molar-refractivity contribution in [3.63, 3.8) is 0 Å². The molecule has 0 spiro atoms. The third kappa shape index (κ3) is 32.0. The number of nitrogens with one attached hydrogen (secondary N) is 6. The molecular formula is C59H105N9O29PS-. The van der Waals surface area contributed by atoms with E-state index in [1.165, 1.54) is 30.6 Å². The van der Waals surface area contributed by atoms with Crippen LogP contribution in [0.15, 0.2) is 0 Å². The van der Waals surface area contributed by atoms with Gasteiger partial charge in [-0.05, 0) is 46.5 Å². The van der Waals surface area contributed by atoms with Crippen LogP contribution in [-0.4, -0.2) is 356 Å². The maximum Gasteiger partial charge on any atom is 0.239 e. The third-order valence-electron chi connectivity index (χ3n) is 15.6. The van der Waals surface area contributed by atoms with Crippen LogP contribution in [0.5, 0.6) is 0 Å². The van der Waals surface area contributed by atoms with Crippen LogP contribution in [0.1, 0.15) is 80.1 Å². The number of carbonyl (C=O) groups excluding carboxylic acids is 8. The molecule has 0 saturated carbocycles. The number of aliphatic hydroxyl groups is 9. The van der Waals surface area contributed by atoms with E-state index in [0.29, 0.717) is 12.8 Å². The predicted octanol–water partition coefficient (Wildman–Crippen LogP) is -8.64. The molecule has 0 aromatic rings. The predicted molar refractivity (Wildman–Crippen MR) is 343 cm³/mol. The van der Waals surface area contributed by atoms with Gasteiger partial charge in [0.1, 0.15) is 79.8 Å². The average molecular weight is 1470 g/mol. The number of amides is 8. The molecule has 8 amide bonds. The Bertz CT molecular complexity index is 2450. The van der Waals surface area contributed by atoms with Crippen LogP contribution in [0.25, 0.3) is 0 Å². The molecule has 4 saturated heterocycles. The third-order valence-corrected chi connectivity index (χ3v) is 17.4. The first-order valence-corrected chi connectivity index (χ1v) is 35.5. The molecule has 0 aliphatic carbocycles. The van der Waals surface area contributed by atoms with E-state index in [4.69, 9.17) is 63.5 Å². The summed E-state index contributed by atoms with van der Waals surface area (Å²) in [6, 6.07) is -3.52. The topological polar surface area (TPSA) is 525 Å². The summed E-state index contributed by atoms with van der Waals surface area (Å²) in [6.45, 7) is 1.50.